The summed E-state index contributed by atoms with van der Waals surface area (Å²) in [5.41, 5.74) is 0. The number of carbonyl (C=O) groups excluding carboxylic acids is 2. The van der Waals surface area contributed by atoms with Crippen LogP contribution in [0.3, 0.4) is 0 Å². The lowest BCUT2D eigenvalue weighted by Crippen LogP contribution is -2.34. The molecule has 0 amide bonds. The molecule has 0 aliphatic heterocycles. The third-order valence-corrected chi connectivity index (χ3v) is 2.70. The van der Waals surface area contributed by atoms with Gasteiger partial charge in [-0.05, 0) is 37.5 Å². The van der Waals surface area contributed by atoms with Crippen LogP contribution in [0.4, 0.5) is 0 Å². The van der Waals surface area contributed by atoms with E-state index in [1.807, 2.05) is 0 Å². The molecule has 1 fully saturated rings. The largest absolute Gasteiger partial charge is 0.550 e. The highest BCUT2D eigenvalue weighted by molar-refractivity contribution is 5.67. The van der Waals surface area contributed by atoms with Crippen LogP contribution in [-0.2, 0) is 14.3 Å². The van der Waals surface area contributed by atoms with Crippen molar-refractivity contribution >= 4 is 11.9 Å². The predicted molar refractivity (Wildman–Crippen MR) is 47.1 cm³/mol. The molecule has 4 nitrogen and oxygen atoms in total. The quantitative estimate of drug-likeness (QED) is 0.605. The van der Waals surface area contributed by atoms with Crippen LogP contribution in [0, 0.1) is 11.8 Å². The van der Waals surface area contributed by atoms with E-state index in [1.165, 1.54) is 6.92 Å². The highest BCUT2D eigenvalue weighted by atomic mass is 16.5. The van der Waals surface area contributed by atoms with Crippen LogP contribution >= 0.6 is 0 Å². The van der Waals surface area contributed by atoms with Crippen LogP contribution in [0.1, 0.15) is 32.6 Å². The van der Waals surface area contributed by atoms with Crippen molar-refractivity contribution in [2.75, 3.05) is 6.61 Å². The number of carboxylic acids is 1. The maximum Gasteiger partial charge on any atom is 0.302 e. The van der Waals surface area contributed by atoms with Crippen molar-refractivity contribution in [3.63, 3.8) is 0 Å². The summed E-state index contributed by atoms with van der Waals surface area (Å²) in [6.07, 6.45) is 2.92. The van der Waals surface area contributed by atoms with Gasteiger partial charge in [-0.15, -0.1) is 0 Å². The van der Waals surface area contributed by atoms with E-state index in [4.69, 9.17) is 4.74 Å². The van der Waals surface area contributed by atoms with Crippen molar-refractivity contribution in [3.8, 4) is 0 Å². The van der Waals surface area contributed by atoms with Crippen molar-refractivity contribution in [1.82, 2.24) is 0 Å². The van der Waals surface area contributed by atoms with Crippen LogP contribution in [0.25, 0.3) is 0 Å². The van der Waals surface area contributed by atoms with E-state index in [9.17, 15) is 14.7 Å². The number of hydrogen-bond acceptors (Lipinski definition) is 4. The molecule has 14 heavy (non-hydrogen) atoms. The zero-order chi connectivity index (χ0) is 10.6. The molecule has 1 saturated carbocycles. The number of hydrogen-bond donors (Lipinski definition) is 0. The maximum atomic E-state index is 10.5. The summed E-state index contributed by atoms with van der Waals surface area (Å²) in [5, 5.41) is 10.5. The topological polar surface area (TPSA) is 66.4 Å². The number of esters is 1. The summed E-state index contributed by atoms with van der Waals surface area (Å²) >= 11 is 0. The van der Waals surface area contributed by atoms with E-state index in [0.717, 1.165) is 12.8 Å². The zero-order valence-electron chi connectivity index (χ0n) is 8.32. The minimum absolute atomic E-state index is 0.271. The third-order valence-electron chi connectivity index (χ3n) is 2.70. The molecule has 0 saturated heterocycles. The first-order chi connectivity index (χ1) is 6.59. The summed E-state index contributed by atoms with van der Waals surface area (Å²) in [6.45, 7) is 1.81. The fourth-order valence-electron chi connectivity index (χ4n) is 1.80. The molecular weight excluding hydrogens is 184 g/mol. The van der Waals surface area contributed by atoms with Crippen molar-refractivity contribution in [3.05, 3.63) is 0 Å². The Bertz CT molecular complexity index is 216. The van der Waals surface area contributed by atoms with E-state index >= 15 is 0 Å². The standard InChI is InChI=1S/C10H16O4/c1-7(11)14-6-8-2-4-9(5-3-8)10(12)13/h8-9H,2-6H2,1H3,(H,12,13)/p-1. The van der Waals surface area contributed by atoms with Crippen LogP contribution in [0.2, 0.25) is 0 Å². The lowest BCUT2D eigenvalue weighted by atomic mass is 9.82. The van der Waals surface area contributed by atoms with Crippen LogP contribution in [-0.4, -0.2) is 18.5 Å². The Morgan fingerprint density at radius 1 is 1.29 bits per heavy atom. The van der Waals surface area contributed by atoms with Gasteiger partial charge in [-0.1, -0.05) is 0 Å². The highest BCUT2D eigenvalue weighted by Crippen LogP contribution is 2.28. The molecule has 0 bridgehead atoms. The molecule has 1 rings (SSSR count). The molecule has 1 aliphatic rings. The number of aliphatic carboxylic acids is 1. The Morgan fingerprint density at radius 3 is 2.29 bits per heavy atom. The summed E-state index contributed by atoms with van der Waals surface area (Å²) in [5.74, 6) is -1.19. The van der Waals surface area contributed by atoms with Gasteiger partial charge in [-0.3, -0.25) is 4.79 Å². The fourth-order valence-corrected chi connectivity index (χ4v) is 1.80. The van der Waals surface area contributed by atoms with Crippen molar-refractivity contribution in [1.29, 1.82) is 0 Å². The van der Waals surface area contributed by atoms with E-state index in [0.29, 0.717) is 25.4 Å². The second-order valence-corrected chi connectivity index (χ2v) is 3.84. The Hall–Kier alpha value is -1.06. The SMILES string of the molecule is CC(=O)OCC1CCC(C(=O)[O-])CC1. The van der Waals surface area contributed by atoms with Gasteiger partial charge in [0.25, 0.3) is 0 Å². The molecule has 4 heteroatoms. The van der Waals surface area contributed by atoms with Crippen LogP contribution in [0.15, 0.2) is 0 Å². The van der Waals surface area contributed by atoms with Gasteiger partial charge in [-0.2, -0.15) is 0 Å². The third kappa shape index (κ3) is 3.36. The molecule has 80 valence electrons. The molecule has 0 N–H and O–H groups in total. The summed E-state index contributed by atoms with van der Waals surface area (Å²) in [6, 6.07) is 0. The smallest absolute Gasteiger partial charge is 0.302 e. The van der Waals surface area contributed by atoms with Crippen molar-refractivity contribution in [2.45, 2.75) is 32.6 Å². The van der Waals surface area contributed by atoms with Gasteiger partial charge in [0.15, 0.2) is 0 Å². The van der Waals surface area contributed by atoms with Gasteiger partial charge in [-0.25, -0.2) is 0 Å². The van der Waals surface area contributed by atoms with Crippen molar-refractivity contribution in [2.24, 2.45) is 11.8 Å². The Kier molecular flexibility index (Phi) is 3.92. The number of carbonyl (C=O) groups is 2. The predicted octanol–water partition coefficient (Wildman–Crippen LogP) is 0.106. The van der Waals surface area contributed by atoms with E-state index in [1.54, 1.807) is 0 Å². The molecular formula is C10H15O4-. The molecule has 0 heterocycles. The lowest BCUT2D eigenvalue weighted by Gasteiger charge is -2.28. The van der Waals surface area contributed by atoms with Gasteiger partial charge >= 0.3 is 5.97 Å². The summed E-state index contributed by atoms with van der Waals surface area (Å²) in [7, 11) is 0. The zero-order valence-corrected chi connectivity index (χ0v) is 8.32. The molecule has 0 unspecified atom stereocenters. The minimum atomic E-state index is -0.948. The van der Waals surface area contributed by atoms with E-state index < -0.39 is 5.97 Å². The molecule has 0 aromatic heterocycles. The first-order valence-electron chi connectivity index (χ1n) is 4.94. The van der Waals surface area contributed by atoms with Crippen molar-refractivity contribution < 1.29 is 19.4 Å². The lowest BCUT2D eigenvalue weighted by molar-refractivity contribution is -0.312. The molecule has 0 aromatic rings. The number of rotatable bonds is 3. The first-order valence-corrected chi connectivity index (χ1v) is 4.94. The monoisotopic (exact) mass is 199 g/mol. The highest BCUT2D eigenvalue weighted by Gasteiger charge is 2.22. The Morgan fingerprint density at radius 2 is 1.86 bits per heavy atom. The van der Waals surface area contributed by atoms with Gasteiger partial charge in [0.1, 0.15) is 0 Å². The number of ether oxygens (including phenoxy) is 1. The second kappa shape index (κ2) is 4.98. The normalized spacial score (nSPS) is 26.9. The van der Waals surface area contributed by atoms with Gasteiger partial charge < -0.3 is 14.6 Å². The minimum Gasteiger partial charge on any atom is -0.550 e. The van der Waals surface area contributed by atoms with Gasteiger partial charge in [0, 0.05) is 12.9 Å². The Labute approximate surface area is 83.2 Å². The molecule has 0 aromatic carbocycles. The van der Waals surface area contributed by atoms with E-state index in [-0.39, 0.29) is 11.9 Å². The van der Waals surface area contributed by atoms with E-state index in [2.05, 4.69) is 0 Å². The molecule has 0 radical (unpaired) electrons. The fraction of sp³-hybridized carbons (Fsp3) is 0.800. The Balaban J connectivity index is 2.22. The first kappa shape index (κ1) is 11.0. The molecule has 1 aliphatic carbocycles. The summed E-state index contributed by atoms with van der Waals surface area (Å²) in [4.78, 5) is 21.1. The summed E-state index contributed by atoms with van der Waals surface area (Å²) < 4.78 is 4.88. The molecule has 0 spiro atoms. The molecule has 0 atom stereocenters. The average Bonchev–Trinajstić information content (AvgIpc) is 2.15. The maximum absolute atomic E-state index is 10.5. The van der Waals surface area contributed by atoms with Crippen LogP contribution in [0.5, 0.6) is 0 Å². The second-order valence-electron chi connectivity index (χ2n) is 3.84. The van der Waals surface area contributed by atoms with Gasteiger partial charge in [0.05, 0.1) is 6.61 Å². The number of carboxylic acid groups (broad SMARTS) is 1. The van der Waals surface area contributed by atoms with Gasteiger partial charge in [0.2, 0.25) is 0 Å². The average molecular weight is 199 g/mol. The van der Waals surface area contributed by atoms with Crippen LogP contribution < -0.4 is 5.11 Å².